The quantitative estimate of drug-likeness (QED) is 0.452. The van der Waals surface area contributed by atoms with Crippen molar-refractivity contribution >= 4 is 5.91 Å². The Labute approximate surface area is 48.6 Å². The molecular formula is C6H9NO. The van der Waals surface area contributed by atoms with Crippen LogP contribution in [0.4, 0.5) is 0 Å². The number of nitrogens with one attached hydrogen (secondary N) is 1. The smallest absolute Gasteiger partial charge is 0.246 e. The summed E-state index contributed by atoms with van der Waals surface area (Å²) < 4.78 is 0. The summed E-state index contributed by atoms with van der Waals surface area (Å²) in [5.74, 6) is 0.0116. The van der Waals surface area contributed by atoms with Crippen molar-refractivity contribution < 1.29 is 4.79 Å². The molecule has 0 radical (unpaired) electrons. The predicted molar refractivity (Wildman–Crippen MR) is 31.4 cm³/mol. The fraction of sp³-hybridized carbons (Fsp3) is 0.500. The Balaban J connectivity index is 2.64. The van der Waals surface area contributed by atoms with Crippen LogP contribution in [0, 0.1) is 0 Å². The molecule has 1 heterocycles. The van der Waals surface area contributed by atoms with Crippen molar-refractivity contribution in [2.24, 2.45) is 0 Å². The molecule has 44 valence electrons. The average Bonchev–Trinajstić information content (AvgIpc) is 1.85. The first-order chi connectivity index (χ1) is 3.70. The Morgan fingerprint density at radius 3 is 2.62 bits per heavy atom. The van der Waals surface area contributed by atoms with Crippen LogP contribution in [0.1, 0.15) is 13.3 Å². The van der Waals surface area contributed by atoms with Crippen LogP contribution < -0.4 is 5.32 Å². The van der Waals surface area contributed by atoms with Crippen LogP contribution in [-0.4, -0.2) is 11.9 Å². The van der Waals surface area contributed by atoms with Gasteiger partial charge in [-0.05, 0) is 13.3 Å². The van der Waals surface area contributed by atoms with Gasteiger partial charge in [0.2, 0.25) is 5.91 Å². The molecule has 1 atom stereocenters. The van der Waals surface area contributed by atoms with Crippen LogP contribution in [0.2, 0.25) is 0 Å². The zero-order valence-electron chi connectivity index (χ0n) is 4.90. The molecule has 2 nitrogen and oxygen atoms in total. The minimum atomic E-state index is 0.0116. The number of hydrogen-bond donors (Lipinski definition) is 1. The zero-order valence-corrected chi connectivity index (χ0v) is 4.90. The summed E-state index contributed by atoms with van der Waals surface area (Å²) in [6, 6.07) is 0.301. The molecule has 1 N–H and O–H groups in total. The van der Waals surface area contributed by atoms with E-state index in [0.29, 0.717) is 11.6 Å². The molecule has 1 aliphatic heterocycles. The first-order valence-corrected chi connectivity index (χ1v) is 2.69. The van der Waals surface area contributed by atoms with Crippen LogP contribution in [0.3, 0.4) is 0 Å². The number of amides is 1. The third-order valence-corrected chi connectivity index (χ3v) is 1.25. The SMILES string of the molecule is C=C1CC(C)NC1=O. The highest BCUT2D eigenvalue weighted by atomic mass is 16.2. The van der Waals surface area contributed by atoms with Crippen molar-refractivity contribution in [3.63, 3.8) is 0 Å². The Bertz CT molecular complexity index is 123. The van der Waals surface area contributed by atoms with E-state index in [0.717, 1.165) is 6.42 Å². The number of rotatable bonds is 0. The minimum Gasteiger partial charge on any atom is -0.350 e. The van der Waals surface area contributed by atoms with E-state index in [1.54, 1.807) is 0 Å². The standard InChI is InChI=1S/C6H9NO/c1-4-3-5(2)7-6(4)8/h5H,1,3H2,2H3,(H,7,8). The predicted octanol–water partition coefficient (Wildman–Crippen LogP) is 0.451. The average molecular weight is 111 g/mol. The molecule has 0 bridgehead atoms. The zero-order chi connectivity index (χ0) is 6.15. The largest absolute Gasteiger partial charge is 0.350 e. The summed E-state index contributed by atoms with van der Waals surface area (Å²) in [4.78, 5) is 10.6. The lowest BCUT2D eigenvalue weighted by Crippen LogP contribution is -2.21. The molecule has 8 heavy (non-hydrogen) atoms. The lowest BCUT2D eigenvalue weighted by atomic mass is 10.2. The van der Waals surface area contributed by atoms with Gasteiger partial charge in [0.15, 0.2) is 0 Å². The van der Waals surface area contributed by atoms with E-state index in [4.69, 9.17) is 0 Å². The van der Waals surface area contributed by atoms with Gasteiger partial charge < -0.3 is 5.32 Å². The molecule has 2 heteroatoms. The molecule has 1 aliphatic rings. The topological polar surface area (TPSA) is 29.1 Å². The molecule has 1 saturated heterocycles. The summed E-state index contributed by atoms with van der Waals surface area (Å²) in [5, 5.41) is 2.73. The van der Waals surface area contributed by atoms with E-state index in [-0.39, 0.29) is 5.91 Å². The second kappa shape index (κ2) is 1.62. The molecule has 0 aromatic rings. The Morgan fingerprint density at radius 2 is 2.50 bits per heavy atom. The summed E-state index contributed by atoms with van der Waals surface area (Å²) >= 11 is 0. The second-order valence-corrected chi connectivity index (χ2v) is 2.18. The lowest BCUT2D eigenvalue weighted by Gasteiger charge is -1.95. The van der Waals surface area contributed by atoms with Crippen LogP contribution in [0.25, 0.3) is 0 Å². The monoisotopic (exact) mass is 111 g/mol. The van der Waals surface area contributed by atoms with Gasteiger partial charge in [-0.1, -0.05) is 6.58 Å². The molecular weight excluding hydrogens is 102 g/mol. The normalized spacial score (nSPS) is 28.4. The first-order valence-electron chi connectivity index (χ1n) is 2.69. The summed E-state index contributed by atoms with van der Waals surface area (Å²) in [6.45, 7) is 5.54. The van der Waals surface area contributed by atoms with E-state index in [1.165, 1.54) is 0 Å². The van der Waals surface area contributed by atoms with Crippen LogP contribution in [0.5, 0.6) is 0 Å². The molecule has 0 aromatic heterocycles. The molecule has 1 fully saturated rings. The van der Waals surface area contributed by atoms with Crippen molar-refractivity contribution in [2.75, 3.05) is 0 Å². The number of carbonyl (C=O) groups is 1. The highest BCUT2D eigenvalue weighted by molar-refractivity contribution is 5.95. The summed E-state index contributed by atoms with van der Waals surface area (Å²) in [6.07, 6.45) is 0.804. The molecule has 0 saturated carbocycles. The van der Waals surface area contributed by atoms with Crippen molar-refractivity contribution in [1.82, 2.24) is 5.32 Å². The first kappa shape index (κ1) is 5.35. The van der Waals surface area contributed by atoms with E-state index in [9.17, 15) is 4.79 Å². The van der Waals surface area contributed by atoms with Crippen molar-refractivity contribution in [2.45, 2.75) is 19.4 Å². The van der Waals surface area contributed by atoms with Crippen LogP contribution >= 0.6 is 0 Å². The Morgan fingerprint density at radius 1 is 1.88 bits per heavy atom. The van der Waals surface area contributed by atoms with Crippen LogP contribution in [0.15, 0.2) is 12.2 Å². The van der Waals surface area contributed by atoms with E-state index in [1.807, 2.05) is 6.92 Å². The highest BCUT2D eigenvalue weighted by Crippen LogP contribution is 2.09. The van der Waals surface area contributed by atoms with Crippen molar-refractivity contribution in [3.8, 4) is 0 Å². The molecule has 0 aromatic carbocycles. The van der Waals surface area contributed by atoms with Gasteiger partial charge in [-0.15, -0.1) is 0 Å². The molecule has 0 aliphatic carbocycles. The van der Waals surface area contributed by atoms with Gasteiger partial charge in [-0.25, -0.2) is 0 Å². The number of hydrogen-bond acceptors (Lipinski definition) is 1. The van der Waals surface area contributed by atoms with Crippen molar-refractivity contribution in [3.05, 3.63) is 12.2 Å². The summed E-state index contributed by atoms with van der Waals surface area (Å²) in [5.41, 5.74) is 0.706. The maximum absolute atomic E-state index is 10.6. The highest BCUT2D eigenvalue weighted by Gasteiger charge is 2.19. The van der Waals surface area contributed by atoms with E-state index < -0.39 is 0 Å². The second-order valence-electron chi connectivity index (χ2n) is 2.18. The fourth-order valence-electron chi connectivity index (χ4n) is 0.839. The minimum absolute atomic E-state index is 0.0116. The van der Waals surface area contributed by atoms with Gasteiger partial charge in [0.05, 0.1) is 0 Å². The molecule has 1 unspecified atom stereocenters. The maximum atomic E-state index is 10.6. The fourth-order valence-corrected chi connectivity index (χ4v) is 0.839. The lowest BCUT2D eigenvalue weighted by molar-refractivity contribution is -0.116. The van der Waals surface area contributed by atoms with Gasteiger partial charge in [0.1, 0.15) is 0 Å². The van der Waals surface area contributed by atoms with Gasteiger partial charge in [0.25, 0.3) is 0 Å². The Kier molecular flexibility index (Phi) is 1.08. The number of carbonyl (C=O) groups excluding carboxylic acids is 1. The van der Waals surface area contributed by atoms with Crippen molar-refractivity contribution in [1.29, 1.82) is 0 Å². The van der Waals surface area contributed by atoms with Crippen LogP contribution in [-0.2, 0) is 4.79 Å². The summed E-state index contributed by atoms with van der Waals surface area (Å²) in [7, 11) is 0. The molecule has 0 spiro atoms. The van der Waals surface area contributed by atoms with E-state index in [2.05, 4.69) is 11.9 Å². The molecule has 1 amide bonds. The maximum Gasteiger partial charge on any atom is 0.246 e. The van der Waals surface area contributed by atoms with Gasteiger partial charge in [-0.2, -0.15) is 0 Å². The Hall–Kier alpha value is -0.790. The van der Waals surface area contributed by atoms with E-state index >= 15 is 0 Å². The van der Waals surface area contributed by atoms with Gasteiger partial charge >= 0.3 is 0 Å². The molecule has 1 rings (SSSR count). The third kappa shape index (κ3) is 0.735. The van der Waals surface area contributed by atoms with Gasteiger partial charge in [-0.3, -0.25) is 4.79 Å². The third-order valence-electron chi connectivity index (χ3n) is 1.25. The van der Waals surface area contributed by atoms with Gasteiger partial charge in [0, 0.05) is 11.6 Å².